The highest BCUT2D eigenvalue weighted by molar-refractivity contribution is 5.94. The Morgan fingerprint density at radius 3 is 2.55 bits per heavy atom. The van der Waals surface area contributed by atoms with Gasteiger partial charge in [-0.05, 0) is 42.7 Å². The summed E-state index contributed by atoms with van der Waals surface area (Å²) >= 11 is 0. The normalized spacial score (nSPS) is 10.5. The number of ether oxygens (including phenoxy) is 1. The van der Waals surface area contributed by atoms with Crippen molar-refractivity contribution in [3.8, 4) is 5.75 Å². The minimum atomic E-state index is -0.0699. The molecule has 0 fully saturated rings. The molecule has 2 aromatic rings. The quantitative estimate of drug-likeness (QED) is 0.821. The molecule has 0 aromatic heterocycles. The molecule has 3 nitrogen and oxygen atoms in total. The third kappa shape index (κ3) is 4.62. The van der Waals surface area contributed by atoms with Crippen molar-refractivity contribution in [1.82, 2.24) is 5.32 Å². The molecule has 0 unspecified atom stereocenters. The zero-order valence-corrected chi connectivity index (χ0v) is 13.4. The van der Waals surface area contributed by atoms with Gasteiger partial charge in [0.2, 0.25) is 0 Å². The molecule has 1 amide bonds. The number of aryl methyl sites for hydroxylation is 1. The zero-order chi connectivity index (χ0) is 15.9. The lowest BCUT2D eigenvalue weighted by Crippen LogP contribution is -2.28. The van der Waals surface area contributed by atoms with Gasteiger partial charge in [0.05, 0.1) is 6.54 Å². The monoisotopic (exact) mass is 297 g/mol. The second kappa shape index (κ2) is 7.64. The van der Waals surface area contributed by atoms with Crippen LogP contribution in [0.3, 0.4) is 0 Å². The van der Waals surface area contributed by atoms with Gasteiger partial charge in [0, 0.05) is 5.56 Å². The highest BCUT2D eigenvalue weighted by atomic mass is 16.5. The van der Waals surface area contributed by atoms with E-state index in [-0.39, 0.29) is 5.91 Å². The Morgan fingerprint density at radius 2 is 1.86 bits per heavy atom. The number of benzene rings is 2. The van der Waals surface area contributed by atoms with E-state index >= 15 is 0 Å². The summed E-state index contributed by atoms with van der Waals surface area (Å²) in [5.41, 5.74) is 3.07. The van der Waals surface area contributed by atoms with Crippen LogP contribution in [0.2, 0.25) is 0 Å². The molecule has 116 valence electrons. The van der Waals surface area contributed by atoms with Gasteiger partial charge in [-0.1, -0.05) is 43.7 Å². The summed E-state index contributed by atoms with van der Waals surface area (Å²) in [5.74, 6) is 1.25. The molecule has 1 N–H and O–H groups in total. The van der Waals surface area contributed by atoms with Crippen molar-refractivity contribution < 1.29 is 9.53 Å². The number of amides is 1. The molecule has 0 aliphatic rings. The molecular weight excluding hydrogens is 274 g/mol. The Balaban J connectivity index is 1.78. The summed E-state index contributed by atoms with van der Waals surface area (Å²) in [5, 5.41) is 2.86. The molecule has 3 heteroatoms. The lowest BCUT2D eigenvalue weighted by atomic mass is 10.0. The highest BCUT2D eigenvalue weighted by Gasteiger charge is 2.04. The molecule has 0 aliphatic heterocycles. The second-order valence-corrected chi connectivity index (χ2v) is 5.70. The molecule has 0 atom stereocenters. The van der Waals surface area contributed by atoms with Crippen LogP contribution in [-0.4, -0.2) is 19.1 Å². The Bertz CT molecular complexity index is 618. The summed E-state index contributed by atoms with van der Waals surface area (Å²) in [7, 11) is 0. The molecule has 0 heterocycles. The van der Waals surface area contributed by atoms with Crippen LogP contribution in [0.15, 0.2) is 48.5 Å². The lowest BCUT2D eigenvalue weighted by Gasteiger charge is -2.10. The number of nitrogens with one attached hydrogen (secondary N) is 1. The van der Waals surface area contributed by atoms with Crippen LogP contribution in [0, 0.1) is 6.92 Å². The first kappa shape index (κ1) is 16.1. The van der Waals surface area contributed by atoms with E-state index in [4.69, 9.17) is 4.74 Å². The minimum absolute atomic E-state index is 0.0699. The van der Waals surface area contributed by atoms with Gasteiger partial charge in [-0.25, -0.2) is 0 Å². The molecule has 22 heavy (non-hydrogen) atoms. The second-order valence-electron chi connectivity index (χ2n) is 5.70. The molecule has 0 aliphatic carbocycles. The van der Waals surface area contributed by atoms with Crippen molar-refractivity contribution in [2.75, 3.05) is 13.2 Å². The maximum Gasteiger partial charge on any atom is 0.251 e. The summed E-state index contributed by atoms with van der Waals surface area (Å²) in [6.07, 6.45) is 0. The van der Waals surface area contributed by atoms with E-state index in [1.807, 2.05) is 49.4 Å². The van der Waals surface area contributed by atoms with Crippen molar-refractivity contribution in [3.05, 3.63) is 65.2 Å². The molecule has 0 saturated carbocycles. The van der Waals surface area contributed by atoms with Crippen molar-refractivity contribution in [3.63, 3.8) is 0 Å². The van der Waals surface area contributed by atoms with E-state index in [2.05, 4.69) is 25.2 Å². The highest BCUT2D eigenvalue weighted by Crippen LogP contribution is 2.19. The average Bonchev–Trinajstić information content (AvgIpc) is 2.52. The summed E-state index contributed by atoms with van der Waals surface area (Å²) in [6.45, 7) is 7.25. The average molecular weight is 297 g/mol. The van der Waals surface area contributed by atoms with Crippen LogP contribution >= 0.6 is 0 Å². The number of hydrogen-bond donors (Lipinski definition) is 1. The van der Waals surface area contributed by atoms with Crippen molar-refractivity contribution >= 4 is 5.91 Å². The van der Waals surface area contributed by atoms with Crippen LogP contribution in [0.5, 0.6) is 5.75 Å². The Labute approximate surface area is 132 Å². The first-order valence-electron chi connectivity index (χ1n) is 7.64. The molecule has 0 bridgehead atoms. The summed E-state index contributed by atoms with van der Waals surface area (Å²) in [4.78, 5) is 11.9. The van der Waals surface area contributed by atoms with Gasteiger partial charge in [0.25, 0.3) is 5.91 Å². The fraction of sp³-hybridized carbons (Fsp3) is 0.316. The van der Waals surface area contributed by atoms with Crippen LogP contribution in [0.1, 0.15) is 41.3 Å². The molecule has 2 aromatic carbocycles. The third-order valence-corrected chi connectivity index (χ3v) is 3.49. The van der Waals surface area contributed by atoms with E-state index in [9.17, 15) is 4.79 Å². The summed E-state index contributed by atoms with van der Waals surface area (Å²) in [6, 6.07) is 15.6. The largest absolute Gasteiger partial charge is 0.492 e. The van der Waals surface area contributed by atoms with Crippen LogP contribution in [0.4, 0.5) is 0 Å². The van der Waals surface area contributed by atoms with E-state index in [1.54, 1.807) is 0 Å². The van der Waals surface area contributed by atoms with Crippen LogP contribution in [-0.2, 0) is 0 Å². The van der Waals surface area contributed by atoms with Crippen LogP contribution in [0.25, 0.3) is 0 Å². The van der Waals surface area contributed by atoms with Gasteiger partial charge < -0.3 is 10.1 Å². The Kier molecular flexibility index (Phi) is 5.59. The number of rotatable bonds is 6. The lowest BCUT2D eigenvalue weighted by molar-refractivity contribution is 0.0947. The van der Waals surface area contributed by atoms with E-state index in [0.29, 0.717) is 24.6 Å². The number of carbonyl (C=O) groups is 1. The van der Waals surface area contributed by atoms with Gasteiger partial charge in [0.15, 0.2) is 0 Å². The SMILES string of the molecule is Cc1ccc(C(=O)NCCOc2cccc(C(C)C)c2)cc1. The standard InChI is InChI=1S/C19H23NO2/c1-14(2)17-5-4-6-18(13-17)22-12-11-20-19(21)16-9-7-15(3)8-10-16/h4-10,13-14H,11-12H2,1-3H3,(H,20,21). The molecule has 0 radical (unpaired) electrons. The van der Waals surface area contributed by atoms with E-state index < -0.39 is 0 Å². The van der Waals surface area contributed by atoms with Crippen molar-refractivity contribution in [2.24, 2.45) is 0 Å². The van der Waals surface area contributed by atoms with E-state index in [1.165, 1.54) is 5.56 Å². The Morgan fingerprint density at radius 1 is 1.14 bits per heavy atom. The maximum atomic E-state index is 11.9. The predicted molar refractivity (Wildman–Crippen MR) is 89.5 cm³/mol. The number of hydrogen-bond acceptors (Lipinski definition) is 2. The zero-order valence-electron chi connectivity index (χ0n) is 13.4. The van der Waals surface area contributed by atoms with Gasteiger partial charge in [-0.15, -0.1) is 0 Å². The van der Waals surface area contributed by atoms with Gasteiger partial charge in [-0.3, -0.25) is 4.79 Å². The van der Waals surface area contributed by atoms with Gasteiger partial charge in [0.1, 0.15) is 12.4 Å². The summed E-state index contributed by atoms with van der Waals surface area (Å²) < 4.78 is 5.69. The number of carbonyl (C=O) groups excluding carboxylic acids is 1. The van der Waals surface area contributed by atoms with Gasteiger partial charge in [-0.2, -0.15) is 0 Å². The first-order chi connectivity index (χ1) is 10.6. The molecule has 0 saturated heterocycles. The van der Waals surface area contributed by atoms with E-state index in [0.717, 1.165) is 11.3 Å². The van der Waals surface area contributed by atoms with Crippen molar-refractivity contribution in [2.45, 2.75) is 26.7 Å². The smallest absolute Gasteiger partial charge is 0.251 e. The predicted octanol–water partition coefficient (Wildman–Crippen LogP) is 3.93. The minimum Gasteiger partial charge on any atom is -0.492 e. The van der Waals surface area contributed by atoms with Crippen LogP contribution < -0.4 is 10.1 Å². The topological polar surface area (TPSA) is 38.3 Å². The Hall–Kier alpha value is -2.29. The third-order valence-electron chi connectivity index (χ3n) is 3.49. The van der Waals surface area contributed by atoms with Crippen molar-refractivity contribution in [1.29, 1.82) is 0 Å². The molecule has 2 rings (SSSR count). The van der Waals surface area contributed by atoms with Gasteiger partial charge >= 0.3 is 0 Å². The first-order valence-corrected chi connectivity index (χ1v) is 7.64. The fourth-order valence-electron chi connectivity index (χ4n) is 2.10. The molecule has 0 spiro atoms. The fourth-order valence-corrected chi connectivity index (χ4v) is 2.10. The maximum absolute atomic E-state index is 11.9. The molecular formula is C19H23NO2.